The number of nitrogens with two attached hydrogens (primary N) is 1. The van der Waals surface area contributed by atoms with Crippen LogP contribution in [-0.2, 0) is 14.9 Å². The molecule has 6 nitrogen and oxygen atoms in total. The third-order valence-electron chi connectivity index (χ3n) is 2.44. The van der Waals surface area contributed by atoms with Gasteiger partial charge in [-0.05, 0) is 12.8 Å². The summed E-state index contributed by atoms with van der Waals surface area (Å²) in [5.74, 6) is 0.206. The van der Waals surface area contributed by atoms with Crippen molar-refractivity contribution < 1.29 is 13.2 Å². The second kappa shape index (κ2) is 3.82. The zero-order valence-corrected chi connectivity index (χ0v) is 8.96. The fourth-order valence-corrected chi connectivity index (χ4v) is 2.63. The van der Waals surface area contributed by atoms with Gasteiger partial charge in [0, 0.05) is 30.9 Å². The average Bonchev–Trinajstić information content (AvgIpc) is 2.16. The van der Waals surface area contributed by atoms with Crippen molar-refractivity contribution in [1.29, 1.82) is 0 Å². The molecule has 0 aliphatic carbocycles. The molecule has 0 spiro atoms. The highest BCUT2D eigenvalue weighted by Crippen LogP contribution is 2.23. The predicted octanol–water partition coefficient (Wildman–Crippen LogP) is -0.498. The van der Waals surface area contributed by atoms with Gasteiger partial charge in [0.15, 0.2) is 0 Å². The number of nitrogens with one attached hydrogen (secondary N) is 1. The first kappa shape index (κ1) is 10.4. The molecule has 3 N–H and O–H groups in total. The second-order valence-electron chi connectivity index (χ2n) is 3.58. The van der Waals surface area contributed by atoms with Crippen molar-refractivity contribution in [2.24, 2.45) is 16.0 Å². The maximum Gasteiger partial charge on any atom is 0.343 e. The molecule has 2 aliphatic heterocycles. The summed E-state index contributed by atoms with van der Waals surface area (Å²) in [6.07, 6.45) is 3.19. The number of allylic oxidation sites excluding steroid dienone is 1. The third-order valence-corrected chi connectivity index (χ3v) is 3.38. The normalized spacial score (nSPS) is 26.4. The molecule has 15 heavy (non-hydrogen) atoms. The molecular formula is C8H13N3O3S. The van der Waals surface area contributed by atoms with E-state index in [9.17, 15) is 8.42 Å². The highest BCUT2D eigenvalue weighted by molar-refractivity contribution is 7.88. The number of nitrogens with zero attached hydrogens (tertiary/aromatic N) is 1. The highest BCUT2D eigenvalue weighted by Gasteiger charge is 2.24. The fourth-order valence-electron chi connectivity index (χ4n) is 1.74. The summed E-state index contributed by atoms with van der Waals surface area (Å²) in [4.78, 5) is 0. The number of hydrogen-bond acceptors (Lipinski definition) is 4. The van der Waals surface area contributed by atoms with E-state index in [1.807, 2.05) is 0 Å². The summed E-state index contributed by atoms with van der Waals surface area (Å²) in [6, 6.07) is 0. The Kier molecular flexibility index (Phi) is 2.66. The van der Waals surface area contributed by atoms with E-state index in [1.54, 1.807) is 6.08 Å². The van der Waals surface area contributed by atoms with E-state index < -0.39 is 10.2 Å². The van der Waals surface area contributed by atoms with Gasteiger partial charge in [-0.2, -0.15) is 8.42 Å². The van der Waals surface area contributed by atoms with Crippen LogP contribution in [0.2, 0.25) is 0 Å². The molecule has 0 amide bonds. The van der Waals surface area contributed by atoms with Crippen molar-refractivity contribution in [3.63, 3.8) is 0 Å². The summed E-state index contributed by atoms with van der Waals surface area (Å²) < 4.78 is 33.4. The smallest absolute Gasteiger partial charge is 0.343 e. The molecule has 1 fully saturated rings. The Morgan fingerprint density at radius 2 is 2.13 bits per heavy atom. The van der Waals surface area contributed by atoms with Crippen LogP contribution in [-0.4, -0.2) is 27.5 Å². The number of rotatable bonds is 1. The lowest BCUT2D eigenvalue weighted by Crippen LogP contribution is -2.34. The Hall–Kier alpha value is -1.08. The molecule has 0 radical (unpaired) electrons. The van der Waals surface area contributed by atoms with Gasteiger partial charge in [0.1, 0.15) is 5.84 Å². The zero-order chi connectivity index (χ0) is 10.9. The molecule has 1 saturated heterocycles. The van der Waals surface area contributed by atoms with E-state index in [1.165, 1.54) is 0 Å². The van der Waals surface area contributed by atoms with Crippen LogP contribution < -0.4 is 10.5 Å². The standard InChI is InChI=1S/C8H13N3O3S/c9-8-5-7(10-15(12,13)11-8)6-1-3-14-4-2-6/h5-6,10H,1-4H2,(H2,9,11). The van der Waals surface area contributed by atoms with Crippen LogP contribution >= 0.6 is 0 Å². The van der Waals surface area contributed by atoms with Crippen molar-refractivity contribution in [2.45, 2.75) is 12.8 Å². The van der Waals surface area contributed by atoms with Crippen LogP contribution in [0, 0.1) is 5.92 Å². The molecule has 0 aromatic rings. The zero-order valence-electron chi connectivity index (χ0n) is 8.14. The van der Waals surface area contributed by atoms with Gasteiger partial charge in [-0.1, -0.05) is 0 Å². The van der Waals surface area contributed by atoms with Crippen LogP contribution in [0.4, 0.5) is 0 Å². The summed E-state index contributed by atoms with van der Waals surface area (Å²) in [6.45, 7) is 1.31. The lowest BCUT2D eigenvalue weighted by atomic mass is 9.96. The molecule has 2 heterocycles. The molecule has 0 atom stereocenters. The van der Waals surface area contributed by atoms with Gasteiger partial charge in [0.25, 0.3) is 0 Å². The molecular weight excluding hydrogens is 218 g/mol. The first-order chi connectivity index (χ1) is 7.07. The van der Waals surface area contributed by atoms with Crippen molar-refractivity contribution in [2.75, 3.05) is 13.2 Å². The van der Waals surface area contributed by atoms with Gasteiger partial charge < -0.3 is 10.5 Å². The minimum atomic E-state index is -3.63. The maximum absolute atomic E-state index is 11.3. The highest BCUT2D eigenvalue weighted by atomic mass is 32.2. The molecule has 2 aliphatic rings. The SMILES string of the molecule is NC1=NS(=O)(=O)NC(C2CCOCC2)=C1. The topological polar surface area (TPSA) is 93.8 Å². The summed E-state index contributed by atoms with van der Waals surface area (Å²) in [5, 5.41) is 0. The first-order valence-electron chi connectivity index (χ1n) is 4.74. The maximum atomic E-state index is 11.3. The molecule has 84 valence electrons. The molecule has 7 heteroatoms. The molecule has 0 aromatic carbocycles. The molecule has 0 unspecified atom stereocenters. The summed E-state index contributed by atoms with van der Waals surface area (Å²) in [7, 11) is -3.63. The Morgan fingerprint density at radius 1 is 1.47 bits per heavy atom. The Morgan fingerprint density at radius 3 is 2.73 bits per heavy atom. The molecule has 0 saturated carbocycles. The molecule has 0 aromatic heterocycles. The predicted molar refractivity (Wildman–Crippen MR) is 55.3 cm³/mol. The van der Waals surface area contributed by atoms with Gasteiger partial charge in [-0.15, -0.1) is 4.40 Å². The van der Waals surface area contributed by atoms with Gasteiger partial charge in [0.05, 0.1) is 0 Å². The van der Waals surface area contributed by atoms with Crippen molar-refractivity contribution in [3.05, 3.63) is 11.8 Å². The van der Waals surface area contributed by atoms with E-state index in [-0.39, 0.29) is 11.8 Å². The van der Waals surface area contributed by atoms with Crippen LogP contribution in [0.5, 0.6) is 0 Å². The lowest BCUT2D eigenvalue weighted by molar-refractivity contribution is 0.0748. The molecule has 0 bridgehead atoms. The Balaban J connectivity index is 2.19. The number of hydrogen-bond donors (Lipinski definition) is 2. The van der Waals surface area contributed by atoms with Crippen molar-refractivity contribution in [1.82, 2.24) is 4.72 Å². The van der Waals surface area contributed by atoms with E-state index in [2.05, 4.69) is 9.12 Å². The lowest BCUT2D eigenvalue weighted by Gasteiger charge is -2.26. The fraction of sp³-hybridized carbons (Fsp3) is 0.625. The number of ether oxygens (including phenoxy) is 1. The van der Waals surface area contributed by atoms with Crippen LogP contribution in [0.15, 0.2) is 16.2 Å². The van der Waals surface area contributed by atoms with Gasteiger partial charge in [-0.25, -0.2) is 0 Å². The monoisotopic (exact) mass is 231 g/mol. The van der Waals surface area contributed by atoms with E-state index in [0.717, 1.165) is 12.8 Å². The second-order valence-corrected chi connectivity index (χ2v) is 4.92. The van der Waals surface area contributed by atoms with Crippen molar-refractivity contribution in [3.8, 4) is 0 Å². The van der Waals surface area contributed by atoms with E-state index in [4.69, 9.17) is 10.5 Å². The number of amidine groups is 1. The minimum absolute atomic E-state index is 0.0373. The average molecular weight is 231 g/mol. The van der Waals surface area contributed by atoms with E-state index in [0.29, 0.717) is 18.9 Å². The Bertz CT molecular complexity index is 407. The molecule has 2 rings (SSSR count). The quantitative estimate of drug-likeness (QED) is 0.636. The van der Waals surface area contributed by atoms with E-state index >= 15 is 0 Å². The van der Waals surface area contributed by atoms with Gasteiger partial charge in [0.2, 0.25) is 0 Å². The summed E-state index contributed by atoms with van der Waals surface area (Å²) >= 11 is 0. The van der Waals surface area contributed by atoms with Crippen LogP contribution in [0.1, 0.15) is 12.8 Å². The third kappa shape index (κ3) is 2.48. The summed E-state index contributed by atoms with van der Waals surface area (Å²) in [5.41, 5.74) is 6.06. The minimum Gasteiger partial charge on any atom is -0.383 e. The van der Waals surface area contributed by atoms with Gasteiger partial charge in [-0.3, -0.25) is 4.72 Å². The first-order valence-corrected chi connectivity index (χ1v) is 6.18. The van der Waals surface area contributed by atoms with Crippen LogP contribution in [0.3, 0.4) is 0 Å². The van der Waals surface area contributed by atoms with Crippen molar-refractivity contribution >= 4 is 16.0 Å². The van der Waals surface area contributed by atoms with Gasteiger partial charge >= 0.3 is 10.2 Å². The largest absolute Gasteiger partial charge is 0.383 e. The van der Waals surface area contributed by atoms with Crippen LogP contribution in [0.25, 0.3) is 0 Å². The Labute approximate surface area is 88.4 Å².